The molecule has 2 heterocycles. The number of ether oxygens (including phenoxy) is 1. The molecule has 0 radical (unpaired) electrons. The molecule has 1 saturated carbocycles. The molecule has 0 bridgehead atoms. The number of rotatable bonds is 9. The second kappa shape index (κ2) is 9.58. The van der Waals surface area contributed by atoms with Crippen LogP contribution in [-0.4, -0.2) is 63.0 Å². The van der Waals surface area contributed by atoms with Gasteiger partial charge >= 0.3 is 0 Å². The molecule has 1 aliphatic heterocycles. The van der Waals surface area contributed by atoms with Crippen molar-refractivity contribution in [3.05, 3.63) is 47.5 Å². The van der Waals surface area contributed by atoms with Crippen molar-refractivity contribution in [3.8, 4) is 0 Å². The van der Waals surface area contributed by atoms with Crippen LogP contribution in [-0.2, 0) is 16.1 Å². The molecule has 1 aromatic carbocycles. The van der Waals surface area contributed by atoms with Crippen molar-refractivity contribution < 1.29 is 19.1 Å². The number of aromatic nitrogens is 2. The van der Waals surface area contributed by atoms with Gasteiger partial charge in [0, 0.05) is 24.9 Å². The van der Waals surface area contributed by atoms with Crippen molar-refractivity contribution in [1.29, 1.82) is 0 Å². The molecule has 9 nitrogen and oxygen atoms in total. The van der Waals surface area contributed by atoms with Crippen molar-refractivity contribution >= 4 is 23.4 Å². The summed E-state index contributed by atoms with van der Waals surface area (Å²) in [6.45, 7) is 8.90. The Hall–Kier alpha value is -3.20. The Morgan fingerprint density at radius 3 is 2.68 bits per heavy atom. The van der Waals surface area contributed by atoms with Gasteiger partial charge in [0.15, 0.2) is 5.69 Å². The van der Waals surface area contributed by atoms with Crippen molar-refractivity contribution in [2.75, 3.05) is 18.5 Å². The van der Waals surface area contributed by atoms with Gasteiger partial charge in [-0.05, 0) is 58.6 Å². The Kier molecular flexibility index (Phi) is 6.74. The van der Waals surface area contributed by atoms with Gasteiger partial charge in [-0.15, -0.1) is 0 Å². The summed E-state index contributed by atoms with van der Waals surface area (Å²) >= 11 is 0. The first-order chi connectivity index (χ1) is 16.2. The lowest BCUT2D eigenvalue weighted by atomic mass is 9.94. The van der Waals surface area contributed by atoms with E-state index in [1.54, 1.807) is 16.4 Å². The molecule has 3 amide bonds. The fourth-order valence-electron chi connectivity index (χ4n) is 4.40. The summed E-state index contributed by atoms with van der Waals surface area (Å²) in [6, 6.07) is 7.43. The topological polar surface area (TPSA) is 106 Å². The number of imidazole rings is 1. The molecule has 1 fully saturated rings. The number of hydrogen-bond donors (Lipinski definition) is 2. The van der Waals surface area contributed by atoms with E-state index in [1.807, 2.05) is 45.0 Å². The molecule has 0 saturated heterocycles. The molecule has 0 spiro atoms. The molecule has 1 aromatic heterocycles. The number of para-hydroxylation sites is 1. The summed E-state index contributed by atoms with van der Waals surface area (Å²) in [6.07, 6.45) is 4.00. The van der Waals surface area contributed by atoms with Crippen LogP contribution in [0.1, 0.15) is 66.6 Å². The summed E-state index contributed by atoms with van der Waals surface area (Å²) in [7, 11) is 0. The van der Waals surface area contributed by atoms with Gasteiger partial charge in [-0.3, -0.25) is 14.4 Å². The second-order valence-electron chi connectivity index (χ2n) is 9.55. The third-order valence-electron chi connectivity index (χ3n) is 6.34. The number of fused-ring (bicyclic) bond motifs is 1. The van der Waals surface area contributed by atoms with Crippen LogP contribution in [0.4, 0.5) is 5.69 Å². The van der Waals surface area contributed by atoms with E-state index in [0.717, 1.165) is 18.4 Å². The molecule has 2 N–H and O–H groups in total. The molecular formula is C25H33N5O4. The van der Waals surface area contributed by atoms with Crippen LogP contribution < -0.4 is 10.6 Å². The Bertz CT molecular complexity index is 1090. The number of nitrogens with one attached hydrogen (secondary N) is 2. The van der Waals surface area contributed by atoms with Crippen molar-refractivity contribution in [1.82, 2.24) is 19.8 Å². The average molecular weight is 468 g/mol. The third kappa shape index (κ3) is 4.70. The molecule has 1 atom stereocenters. The number of nitrogens with zero attached hydrogens (tertiary/aromatic N) is 3. The van der Waals surface area contributed by atoms with Crippen LogP contribution in [0.15, 0.2) is 30.6 Å². The number of amides is 3. The first kappa shape index (κ1) is 23.9. The van der Waals surface area contributed by atoms with E-state index >= 15 is 0 Å². The lowest BCUT2D eigenvalue weighted by Gasteiger charge is -2.44. The summed E-state index contributed by atoms with van der Waals surface area (Å²) in [4.78, 5) is 45.9. The zero-order chi connectivity index (χ0) is 24.5. The maximum absolute atomic E-state index is 13.7. The van der Waals surface area contributed by atoms with Gasteiger partial charge in [-0.2, -0.15) is 0 Å². The standard InChI is InChI=1S/C25H33N5O4/c1-16(2)34-13-7-12-26-24(33)25(4)14-29-15-27-20(21(29)23(32)30(25)18-10-11-18)22(31)28-19-9-6-5-8-17(19)3/h5-6,8-9,15-16,18H,7,10-14H2,1-4H3,(H,26,33)(H,28,31). The molecule has 182 valence electrons. The molecular weight excluding hydrogens is 434 g/mol. The lowest BCUT2D eigenvalue weighted by molar-refractivity contribution is -0.133. The maximum Gasteiger partial charge on any atom is 0.276 e. The number of carbonyl (C=O) groups is 3. The SMILES string of the molecule is Cc1ccccc1NC(=O)c1ncn2c1C(=O)N(C1CC1)C(C)(C(=O)NCCCOC(C)C)C2. The second-order valence-corrected chi connectivity index (χ2v) is 9.55. The molecule has 2 aromatic rings. The minimum Gasteiger partial charge on any atom is -0.379 e. The van der Waals surface area contributed by atoms with Crippen LogP contribution in [0.2, 0.25) is 0 Å². The van der Waals surface area contributed by atoms with Gasteiger partial charge in [0.25, 0.3) is 11.8 Å². The predicted octanol–water partition coefficient (Wildman–Crippen LogP) is 2.75. The molecule has 9 heteroatoms. The van der Waals surface area contributed by atoms with Gasteiger partial charge in [0.05, 0.1) is 19.0 Å². The lowest BCUT2D eigenvalue weighted by Crippen LogP contribution is -2.64. The highest BCUT2D eigenvalue weighted by atomic mass is 16.5. The fourth-order valence-corrected chi connectivity index (χ4v) is 4.40. The Labute approximate surface area is 199 Å². The van der Waals surface area contributed by atoms with E-state index in [0.29, 0.717) is 25.3 Å². The number of hydrogen-bond acceptors (Lipinski definition) is 5. The van der Waals surface area contributed by atoms with Crippen LogP contribution in [0.3, 0.4) is 0 Å². The number of carbonyl (C=O) groups excluding carboxylic acids is 3. The van der Waals surface area contributed by atoms with Crippen molar-refractivity contribution in [2.45, 2.75) is 71.2 Å². The first-order valence-electron chi connectivity index (χ1n) is 11.9. The van der Waals surface area contributed by atoms with E-state index in [1.165, 1.54) is 6.33 Å². The van der Waals surface area contributed by atoms with E-state index in [9.17, 15) is 14.4 Å². The number of benzene rings is 1. The summed E-state index contributed by atoms with van der Waals surface area (Å²) < 4.78 is 7.17. The van der Waals surface area contributed by atoms with Gasteiger partial charge in [0.1, 0.15) is 11.2 Å². The Balaban J connectivity index is 1.53. The first-order valence-corrected chi connectivity index (χ1v) is 11.9. The van der Waals surface area contributed by atoms with Gasteiger partial charge < -0.3 is 24.8 Å². The fraction of sp³-hybridized carbons (Fsp3) is 0.520. The Morgan fingerprint density at radius 2 is 2.00 bits per heavy atom. The molecule has 4 rings (SSSR count). The van der Waals surface area contributed by atoms with Crippen molar-refractivity contribution in [3.63, 3.8) is 0 Å². The van der Waals surface area contributed by atoms with E-state index in [4.69, 9.17) is 4.74 Å². The summed E-state index contributed by atoms with van der Waals surface area (Å²) in [5.74, 6) is -0.977. The van der Waals surface area contributed by atoms with Crippen LogP contribution >= 0.6 is 0 Å². The summed E-state index contributed by atoms with van der Waals surface area (Å²) in [5, 5.41) is 5.83. The highest BCUT2D eigenvalue weighted by molar-refractivity contribution is 6.12. The highest BCUT2D eigenvalue weighted by Gasteiger charge is 2.53. The third-order valence-corrected chi connectivity index (χ3v) is 6.34. The zero-order valence-corrected chi connectivity index (χ0v) is 20.3. The highest BCUT2D eigenvalue weighted by Crippen LogP contribution is 2.39. The van der Waals surface area contributed by atoms with Crippen LogP contribution in [0.25, 0.3) is 0 Å². The number of aryl methyl sites for hydroxylation is 1. The smallest absolute Gasteiger partial charge is 0.276 e. The van der Waals surface area contributed by atoms with E-state index in [-0.39, 0.29) is 41.9 Å². The average Bonchev–Trinajstić information content (AvgIpc) is 3.52. The van der Waals surface area contributed by atoms with E-state index in [2.05, 4.69) is 15.6 Å². The molecule has 2 aliphatic rings. The summed E-state index contributed by atoms with van der Waals surface area (Å²) in [5.41, 5.74) is 0.829. The largest absolute Gasteiger partial charge is 0.379 e. The van der Waals surface area contributed by atoms with Gasteiger partial charge in [0.2, 0.25) is 5.91 Å². The zero-order valence-electron chi connectivity index (χ0n) is 20.3. The van der Waals surface area contributed by atoms with Crippen LogP contribution in [0.5, 0.6) is 0 Å². The van der Waals surface area contributed by atoms with Crippen LogP contribution in [0, 0.1) is 6.92 Å². The number of anilines is 1. The monoisotopic (exact) mass is 467 g/mol. The van der Waals surface area contributed by atoms with Gasteiger partial charge in [-0.1, -0.05) is 18.2 Å². The quantitative estimate of drug-likeness (QED) is 0.552. The minimum absolute atomic E-state index is 0.0107. The molecule has 1 unspecified atom stereocenters. The molecule has 34 heavy (non-hydrogen) atoms. The maximum atomic E-state index is 13.7. The van der Waals surface area contributed by atoms with Gasteiger partial charge in [-0.25, -0.2) is 4.98 Å². The normalized spacial score (nSPS) is 19.8. The van der Waals surface area contributed by atoms with E-state index < -0.39 is 11.4 Å². The Morgan fingerprint density at radius 1 is 1.26 bits per heavy atom. The predicted molar refractivity (Wildman–Crippen MR) is 128 cm³/mol. The minimum atomic E-state index is -1.06. The van der Waals surface area contributed by atoms with Crippen molar-refractivity contribution in [2.24, 2.45) is 0 Å². The molecule has 1 aliphatic carbocycles.